The van der Waals surface area contributed by atoms with Crippen molar-refractivity contribution in [1.29, 1.82) is 0 Å². The van der Waals surface area contributed by atoms with Gasteiger partial charge in [-0.15, -0.1) is 0 Å². The summed E-state index contributed by atoms with van der Waals surface area (Å²) < 4.78 is 5.21. The third kappa shape index (κ3) is 3.00. The van der Waals surface area contributed by atoms with Gasteiger partial charge in [-0.05, 0) is 19.9 Å². The van der Waals surface area contributed by atoms with Crippen LogP contribution in [0.25, 0.3) is 0 Å². The van der Waals surface area contributed by atoms with Gasteiger partial charge in [0, 0.05) is 5.56 Å². The van der Waals surface area contributed by atoms with Crippen LogP contribution in [0.5, 0.6) is 5.75 Å². The molecule has 0 unspecified atom stereocenters. The summed E-state index contributed by atoms with van der Waals surface area (Å²) in [5.74, 6) is -0.818. The molecule has 5 heteroatoms. The number of hydrogen-bond donors (Lipinski definition) is 2. The molecular weight excluding hydrogens is 234 g/mol. The van der Waals surface area contributed by atoms with Crippen LogP contribution in [0, 0.1) is 0 Å². The molecule has 5 nitrogen and oxygen atoms in total. The Morgan fingerprint density at radius 1 is 1.33 bits per heavy atom. The third-order valence-electron chi connectivity index (χ3n) is 2.75. The zero-order chi connectivity index (χ0) is 13.8. The minimum atomic E-state index is -1.07. The monoisotopic (exact) mass is 251 g/mol. The first kappa shape index (κ1) is 14.0. The van der Waals surface area contributed by atoms with Crippen molar-refractivity contribution in [2.45, 2.75) is 19.3 Å². The van der Waals surface area contributed by atoms with Gasteiger partial charge in [0.1, 0.15) is 12.3 Å². The topological polar surface area (TPSA) is 75.6 Å². The Morgan fingerprint density at radius 3 is 2.50 bits per heavy atom. The number of benzene rings is 1. The molecule has 18 heavy (non-hydrogen) atoms. The average Bonchev–Trinajstić information content (AvgIpc) is 2.35. The number of hydrogen-bond acceptors (Lipinski definition) is 3. The van der Waals surface area contributed by atoms with Crippen LogP contribution < -0.4 is 10.1 Å². The lowest BCUT2D eigenvalue weighted by Gasteiger charge is -2.25. The first-order valence-corrected chi connectivity index (χ1v) is 5.53. The van der Waals surface area contributed by atoms with Crippen LogP contribution in [-0.4, -0.2) is 30.6 Å². The highest BCUT2D eigenvalue weighted by molar-refractivity contribution is 5.90. The van der Waals surface area contributed by atoms with E-state index in [1.54, 1.807) is 26.0 Å². The van der Waals surface area contributed by atoms with E-state index >= 15 is 0 Å². The summed E-state index contributed by atoms with van der Waals surface area (Å²) in [7, 11) is 1.53. The highest BCUT2D eigenvalue weighted by Gasteiger charge is 2.32. The summed E-state index contributed by atoms with van der Waals surface area (Å²) >= 11 is 0. The lowest BCUT2D eigenvalue weighted by molar-refractivity contribution is -0.138. The number of carboxylic acid groups (broad SMARTS) is 1. The number of amides is 1. The van der Waals surface area contributed by atoms with Crippen molar-refractivity contribution in [2.75, 3.05) is 13.7 Å². The molecule has 0 aliphatic carbocycles. The van der Waals surface area contributed by atoms with E-state index < -0.39 is 17.9 Å². The molecule has 98 valence electrons. The van der Waals surface area contributed by atoms with Crippen molar-refractivity contribution >= 4 is 11.9 Å². The highest BCUT2D eigenvalue weighted by atomic mass is 16.5. The van der Waals surface area contributed by atoms with Crippen molar-refractivity contribution in [1.82, 2.24) is 5.32 Å². The summed E-state index contributed by atoms with van der Waals surface area (Å²) in [6.45, 7) is 3.06. The first-order valence-electron chi connectivity index (χ1n) is 5.53. The van der Waals surface area contributed by atoms with Crippen LogP contribution in [0.2, 0.25) is 0 Å². The van der Waals surface area contributed by atoms with Gasteiger partial charge in [-0.2, -0.15) is 0 Å². The standard InChI is InChI=1S/C13H17NO4/c1-13(2,12(17)14-8-11(15)16)9-6-4-5-7-10(9)18-3/h4-7H,8H2,1-3H3,(H,14,17)(H,15,16). The predicted molar refractivity (Wildman–Crippen MR) is 66.7 cm³/mol. The summed E-state index contributed by atoms with van der Waals surface area (Å²) in [6, 6.07) is 7.18. The largest absolute Gasteiger partial charge is 0.496 e. The van der Waals surface area contributed by atoms with E-state index in [1.165, 1.54) is 7.11 Å². The first-order chi connectivity index (χ1) is 8.39. The number of aliphatic carboxylic acids is 1. The normalized spacial score (nSPS) is 10.8. The molecule has 0 aromatic heterocycles. The van der Waals surface area contributed by atoms with Crippen LogP contribution in [0.15, 0.2) is 24.3 Å². The van der Waals surface area contributed by atoms with Crippen molar-refractivity contribution in [3.8, 4) is 5.75 Å². The number of carbonyl (C=O) groups excluding carboxylic acids is 1. The number of carboxylic acids is 1. The third-order valence-corrected chi connectivity index (χ3v) is 2.75. The summed E-state index contributed by atoms with van der Waals surface area (Å²) in [5, 5.41) is 10.9. The Hall–Kier alpha value is -2.04. The average molecular weight is 251 g/mol. The van der Waals surface area contributed by atoms with Gasteiger partial charge in [0.2, 0.25) is 5.91 Å². The molecule has 1 rings (SSSR count). The van der Waals surface area contributed by atoms with Gasteiger partial charge in [0.25, 0.3) is 0 Å². The Balaban J connectivity index is 2.97. The van der Waals surface area contributed by atoms with Gasteiger partial charge in [-0.3, -0.25) is 9.59 Å². The molecule has 0 spiro atoms. The number of para-hydroxylation sites is 1. The number of carbonyl (C=O) groups is 2. The van der Waals surface area contributed by atoms with Crippen molar-refractivity contribution in [3.05, 3.63) is 29.8 Å². The Labute approximate surface area is 106 Å². The number of ether oxygens (including phenoxy) is 1. The summed E-state index contributed by atoms with van der Waals surface area (Å²) in [6.07, 6.45) is 0. The molecule has 0 aliphatic rings. The van der Waals surface area contributed by atoms with Gasteiger partial charge >= 0.3 is 5.97 Å². The molecule has 0 atom stereocenters. The SMILES string of the molecule is COc1ccccc1C(C)(C)C(=O)NCC(=O)O. The molecule has 0 fully saturated rings. The van der Waals surface area contributed by atoms with Crippen molar-refractivity contribution in [3.63, 3.8) is 0 Å². The molecule has 1 aromatic rings. The zero-order valence-corrected chi connectivity index (χ0v) is 10.7. The minimum absolute atomic E-state index is 0.352. The predicted octanol–water partition coefficient (Wildman–Crippen LogP) is 1.17. The van der Waals surface area contributed by atoms with Gasteiger partial charge in [-0.1, -0.05) is 18.2 Å². The lowest BCUT2D eigenvalue weighted by Crippen LogP contribution is -2.42. The molecular formula is C13H17NO4. The van der Waals surface area contributed by atoms with E-state index in [0.717, 1.165) is 5.56 Å². The van der Waals surface area contributed by atoms with Gasteiger partial charge in [-0.25, -0.2) is 0 Å². The van der Waals surface area contributed by atoms with Crippen LogP contribution in [0.3, 0.4) is 0 Å². The second-order valence-corrected chi connectivity index (χ2v) is 4.40. The maximum absolute atomic E-state index is 12.0. The highest BCUT2D eigenvalue weighted by Crippen LogP contribution is 2.31. The van der Waals surface area contributed by atoms with Gasteiger partial charge in [0.15, 0.2) is 0 Å². The summed E-state index contributed by atoms with van der Waals surface area (Å²) in [5.41, 5.74) is -0.141. The molecule has 2 N–H and O–H groups in total. The van der Waals surface area contributed by atoms with E-state index in [9.17, 15) is 9.59 Å². The second-order valence-electron chi connectivity index (χ2n) is 4.40. The summed E-state index contributed by atoms with van der Waals surface area (Å²) in [4.78, 5) is 22.5. The smallest absolute Gasteiger partial charge is 0.322 e. The van der Waals surface area contributed by atoms with Gasteiger partial charge < -0.3 is 15.2 Å². The van der Waals surface area contributed by atoms with E-state index in [2.05, 4.69) is 5.32 Å². The van der Waals surface area contributed by atoms with Gasteiger partial charge in [0.05, 0.1) is 12.5 Å². The number of rotatable bonds is 5. The van der Waals surface area contributed by atoms with E-state index in [4.69, 9.17) is 9.84 Å². The van der Waals surface area contributed by atoms with Crippen LogP contribution in [0.4, 0.5) is 0 Å². The van der Waals surface area contributed by atoms with Crippen LogP contribution >= 0.6 is 0 Å². The van der Waals surface area contributed by atoms with Crippen molar-refractivity contribution in [2.24, 2.45) is 0 Å². The fraction of sp³-hybridized carbons (Fsp3) is 0.385. The molecule has 0 saturated carbocycles. The maximum Gasteiger partial charge on any atom is 0.322 e. The van der Waals surface area contributed by atoms with Crippen LogP contribution in [-0.2, 0) is 15.0 Å². The van der Waals surface area contributed by atoms with Crippen LogP contribution in [0.1, 0.15) is 19.4 Å². The number of methoxy groups -OCH3 is 1. The Kier molecular flexibility index (Phi) is 4.31. The molecule has 0 radical (unpaired) electrons. The maximum atomic E-state index is 12.0. The lowest BCUT2D eigenvalue weighted by atomic mass is 9.83. The van der Waals surface area contributed by atoms with E-state index in [1.807, 2.05) is 12.1 Å². The fourth-order valence-electron chi connectivity index (χ4n) is 1.66. The Bertz CT molecular complexity index is 454. The van der Waals surface area contributed by atoms with Crippen molar-refractivity contribution < 1.29 is 19.4 Å². The zero-order valence-electron chi connectivity index (χ0n) is 10.7. The Morgan fingerprint density at radius 2 is 1.94 bits per heavy atom. The minimum Gasteiger partial charge on any atom is -0.496 e. The molecule has 1 aromatic carbocycles. The second kappa shape index (κ2) is 5.53. The molecule has 0 bridgehead atoms. The van der Waals surface area contributed by atoms with E-state index in [-0.39, 0.29) is 5.91 Å². The quantitative estimate of drug-likeness (QED) is 0.823. The van der Waals surface area contributed by atoms with E-state index in [0.29, 0.717) is 5.75 Å². The fourth-order valence-corrected chi connectivity index (χ4v) is 1.66. The molecule has 1 amide bonds. The molecule has 0 aliphatic heterocycles. The molecule has 0 saturated heterocycles. The molecule has 0 heterocycles. The number of nitrogens with one attached hydrogen (secondary N) is 1.